The molecular formula is C18H21N3O. The first-order chi connectivity index (χ1) is 10.7. The summed E-state index contributed by atoms with van der Waals surface area (Å²) in [5.41, 5.74) is 10.3. The summed E-state index contributed by atoms with van der Waals surface area (Å²) in [6.07, 6.45) is 7.00. The number of allylic oxidation sites excluding steroid dienone is 2. The van der Waals surface area contributed by atoms with Gasteiger partial charge in [0.25, 0.3) is 5.91 Å². The summed E-state index contributed by atoms with van der Waals surface area (Å²) in [4.78, 5) is 15.5. The van der Waals surface area contributed by atoms with Gasteiger partial charge in [-0.15, -0.1) is 0 Å². The molecule has 1 amide bonds. The molecule has 2 aliphatic rings. The van der Waals surface area contributed by atoms with Crippen molar-refractivity contribution >= 4 is 16.8 Å². The molecule has 114 valence electrons. The molecule has 2 aromatic rings. The van der Waals surface area contributed by atoms with E-state index in [1.54, 1.807) is 6.20 Å². The molecule has 1 aromatic heterocycles. The van der Waals surface area contributed by atoms with Crippen LogP contribution >= 0.6 is 0 Å². The number of carbonyl (C=O) groups excluding carboxylic acids is 1. The van der Waals surface area contributed by atoms with Gasteiger partial charge in [0.2, 0.25) is 0 Å². The number of aromatic nitrogens is 1. The molecule has 4 rings (SSSR count). The third-order valence-corrected chi connectivity index (χ3v) is 5.22. The standard InChI is InChI=1S/C18H21N3O/c1-11(15-9-12-6-7-13(15)8-12)20-21-18(22)16-10-19-17-5-3-2-4-14(16)17/h2-5,10,12-13,19-20H,6-9H2,1H3,(H,21,22)/b15-11-/t12-,13-/m1/s1. The zero-order valence-corrected chi connectivity index (χ0v) is 12.8. The Balaban J connectivity index is 1.48. The van der Waals surface area contributed by atoms with E-state index in [9.17, 15) is 4.79 Å². The van der Waals surface area contributed by atoms with Crippen molar-refractivity contribution in [3.63, 3.8) is 0 Å². The predicted molar refractivity (Wildman–Crippen MR) is 87.0 cm³/mol. The summed E-state index contributed by atoms with van der Waals surface area (Å²) < 4.78 is 0. The Kier molecular flexibility index (Phi) is 3.17. The third kappa shape index (κ3) is 2.19. The fraction of sp³-hybridized carbons (Fsp3) is 0.389. The van der Waals surface area contributed by atoms with Crippen molar-refractivity contribution in [2.45, 2.75) is 32.6 Å². The van der Waals surface area contributed by atoms with Gasteiger partial charge in [-0.25, -0.2) is 0 Å². The molecule has 2 fully saturated rings. The monoisotopic (exact) mass is 295 g/mol. The largest absolute Gasteiger partial charge is 0.360 e. The quantitative estimate of drug-likeness (QED) is 0.759. The molecule has 3 N–H and O–H groups in total. The van der Waals surface area contributed by atoms with Crippen LogP contribution in [0.4, 0.5) is 0 Å². The minimum absolute atomic E-state index is 0.0967. The average Bonchev–Trinajstić information content (AvgIpc) is 3.26. The van der Waals surface area contributed by atoms with Gasteiger partial charge in [0, 0.05) is 22.8 Å². The van der Waals surface area contributed by atoms with Gasteiger partial charge in [-0.3, -0.25) is 10.2 Å². The Morgan fingerprint density at radius 1 is 1.23 bits per heavy atom. The van der Waals surface area contributed by atoms with E-state index in [1.165, 1.54) is 31.3 Å². The lowest BCUT2D eigenvalue weighted by Gasteiger charge is -2.18. The van der Waals surface area contributed by atoms with Crippen LogP contribution in [0.15, 0.2) is 41.7 Å². The summed E-state index contributed by atoms with van der Waals surface area (Å²) in [7, 11) is 0. The molecule has 0 spiro atoms. The number of hydrazine groups is 1. The molecule has 0 unspecified atom stereocenters. The van der Waals surface area contributed by atoms with Gasteiger partial charge in [0.05, 0.1) is 5.56 Å². The number of para-hydroxylation sites is 1. The number of carbonyl (C=O) groups is 1. The first-order valence-corrected chi connectivity index (χ1v) is 8.04. The highest BCUT2D eigenvalue weighted by molar-refractivity contribution is 6.06. The Morgan fingerprint density at radius 3 is 2.86 bits per heavy atom. The molecule has 1 heterocycles. The second kappa shape index (κ2) is 5.20. The summed E-state index contributed by atoms with van der Waals surface area (Å²) in [5.74, 6) is 1.52. The molecule has 0 saturated heterocycles. The Morgan fingerprint density at radius 2 is 2.09 bits per heavy atom. The Bertz CT molecular complexity index is 759. The molecule has 0 radical (unpaired) electrons. The second-order valence-corrected chi connectivity index (χ2v) is 6.56. The minimum atomic E-state index is -0.0967. The van der Waals surface area contributed by atoms with E-state index < -0.39 is 0 Å². The molecule has 4 nitrogen and oxygen atoms in total. The van der Waals surface area contributed by atoms with Gasteiger partial charge < -0.3 is 10.4 Å². The number of hydrogen-bond acceptors (Lipinski definition) is 2. The normalized spacial score (nSPS) is 25.5. The van der Waals surface area contributed by atoms with Gasteiger partial charge in [0.1, 0.15) is 0 Å². The molecule has 22 heavy (non-hydrogen) atoms. The van der Waals surface area contributed by atoms with Crippen LogP contribution in [0, 0.1) is 11.8 Å². The lowest BCUT2D eigenvalue weighted by atomic mass is 9.93. The number of rotatable bonds is 3. The van der Waals surface area contributed by atoms with Crippen molar-refractivity contribution in [3.8, 4) is 0 Å². The van der Waals surface area contributed by atoms with Crippen LogP contribution in [-0.4, -0.2) is 10.9 Å². The van der Waals surface area contributed by atoms with Gasteiger partial charge in [-0.05, 0) is 56.1 Å². The number of H-pyrrole nitrogens is 1. The first kappa shape index (κ1) is 13.4. The maximum absolute atomic E-state index is 12.4. The van der Waals surface area contributed by atoms with Crippen LogP contribution in [0.3, 0.4) is 0 Å². The molecular weight excluding hydrogens is 274 g/mol. The van der Waals surface area contributed by atoms with E-state index in [0.717, 1.165) is 28.4 Å². The van der Waals surface area contributed by atoms with Crippen LogP contribution in [0.5, 0.6) is 0 Å². The van der Waals surface area contributed by atoms with E-state index in [0.29, 0.717) is 5.56 Å². The Hall–Kier alpha value is -2.23. The van der Waals surface area contributed by atoms with Crippen molar-refractivity contribution in [1.29, 1.82) is 0 Å². The summed E-state index contributed by atoms with van der Waals surface area (Å²) in [6, 6.07) is 7.84. The highest BCUT2D eigenvalue weighted by Crippen LogP contribution is 2.48. The van der Waals surface area contributed by atoms with Gasteiger partial charge >= 0.3 is 0 Å². The molecule has 2 atom stereocenters. The van der Waals surface area contributed by atoms with E-state index in [-0.39, 0.29) is 5.91 Å². The Labute approximate surface area is 130 Å². The van der Waals surface area contributed by atoms with Gasteiger partial charge in [-0.2, -0.15) is 0 Å². The number of nitrogens with one attached hydrogen (secondary N) is 3. The number of hydrogen-bond donors (Lipinski definition) is 3. The minimum Gasteiger partial charge on any atom is -0.360 e. The van der Waals surface area contributed by atoms with Crippen LogP contribution in [0.25, 0.3) is 10.9 Å². The number of fused-ring (bicyclic) bond motifs is 3. The fourth-order valence-electron chi connectivity index (χ4n) is 4.07. The average molecular weight is 295 g/mol. The smallest absolute Gasteiger partial charge is 0.271 e. The molecule has 1 aromatic carbocycles. The highest BCUT2D eigenvalue weighted by atomic mass is 16.2. The summed E-state index contributed by atoms with van der Waals surface area (Å²) in [5, 5.41) is 0.951. The number of aromatic amines is 1. The van der Waals surface area contributed by atoms with Gasteiger partial charge in [0.15, 0.2) is 0 Å². The highest BCUT2D eigenvalue weighted by Gasteiger charge is 2.36. The summed E-state index contributed by atoms with van der Waals surface area (Å²) in [6.45, 7) is 2.07. The second-order valence-electron chi connectivity index (χ2n) is 6.56. The predicted octanol–water partition coefficient (Wildman–Crippen LogP) is 3.50. The van der Waals surface area contributed by atoms with E-state index in [4.69, 9.17) is 0 Å². The van der Waals surface area contributed by atoms with E-state index >= 15 is 0 Å². The van der Waals surface area contributed by atoms with Crippen LogP contribution in [-0.2, 0) is 0 Å². The molecule has 2 saturated carbocycles. The summed E-state index contributed by atoms with van der Waals surface area (Å²) >= 11 is 0. The van der Waals surface area contributed by atoms with Crippen molar-refractivity contribution in [1.82, 2.24) is 15.8 Å². The molecule has 4 heteroatoms. The first-order valence-electron chi connectivity index (χ1n) is 8.04. The SMILES string of the molecule is C/C(NNC(=O)c1c[nH]c2ccccc12)=C1\C[C@@H]2CC[C@@H]1C2. The fourth-order valence-corrected chi connectivity index (χ4v) is 4.07. The molecule has 0 aliphatic heterocycles. The van der Waals surface area contributed by atoms with Crippen molar-refractivity contribution in [2.24, 2.45) is 11.8 Å². The molecule has 2 aliphatic carbocycles. The lowest BCUT2D eigenvalue weighted by Crippen LogP contribution is -2.36. The van der Waals surface area contributed by atoms with E-state index in [2.05, 4.69) is 22.8 Å². The molecule has 2 bridgehead atoms. The lowest BCUT2D eigenvalue weighted by molar-refractivity contribution is 0.0940. The van der Waals surface area contributed by atoms with Crippen molar-refractivity contribution in [3.05, 3.63) is 47.3 Å². The maximum Gasteiger partial charge on any atom is 0.271 e. The maximum atomic E-state index is 12.4. The van der Waals surface area contributed by atoms with Crippen molar-refractivity contribution < 1.29 is 4.79 Å². The van der Waals surface area contributed by atoms with Crippen LogP contribution < -0.4 is 10.9 Å². The zero-order valence-electron chi connectivity index (χ0n) is 12.8. The van der Waals surface area contributed by atoms with Crippen LogP contribution in [0.1, 0.15) is 43.0 Å². The zero-order chi connectivity index (χ0) is 15.1. The van der Waals surface area contributed by atoms with Crippen LogP contribution in [0.2, 0.25) is 0 Å². The number of benzene rings is 1. The number of amides is 1. The van der Waals surface area contributed by atoms with Crippen molar-refractivity contribution in [2.75, 3.05) is 0 Å². The third-order valence-electron chi connectivity index (χ3n) is 5.22. The van der Waals surface area contributed by atoms with Gasteiger partial charge in [-0.1, -0.05) is 18.2 Å². The topological polar surface area (TPSA) is 56.9 Å². The van der Waals surface area contributed by atoms with E-state index in [1.807, 2.05) is 24.3 Å².